The summed E-state index contributed by atoms with van der Waals surface area (Å²) in [6.07, 6.45) is 12.8. The van der Waals surface area contributed by atoms with Gasteiger partial charge in [-0.3, -0.25) is 4.48 Å². The third-order valence-electron chi connectivity index (χ3n) is 4.94. The molecule has 2 N–H and O–H groups in total. The van der Waals surface area contributed by atoms with E-state index in [1.165, 1.54) is 45.4 Å². The molecule has 5 nitrogen and oxygen atoms in total. The minimum absolute atomic E-state index is 0.0309. The lowest BCUT2D eigenvalue weighted by Gasteiger charge is -2.43. The van der Waals surface area contributed by atoms with E-state index < -0.39 is 11.7 Å². The fourth-order valence-corrected chi connectivity index (χ4v) is 2.67. The average Bonchev–Trinajstić information content (AvgIpc) is 2.48. The minimum atomic E-state index is -1.84. The van der Waals surface area contributed by atoms with Gasteiger partial charge in [-0.25, -0.2) is 0 Å². The summed E-state index contributed by atoms with van der Waals surface area (Å²) in [4.78, 5) is 11.0. The highest BCUT2D eigenvalue weighted by molar-refractivity contribution is 5.72. The Balaban J connectivity index is 3.54. The number of carboxylic acid groups (broad SMARTS) is 1. The smallest absolute Gasteiger partial charge is 0.239 e. The molecule has 0 saturated heterocycles. The topological polar surface area (TPSA) is 80.6 Å². The van der Waals surface area contributed by atoms with E-state index in [1.807, 2.05) is 0 Å². The maximum absolute atomic E-state index is 11.0. The first-order valence-corrected chi connectivity index (χ1v) is 9.13. The van der Waals surface area contributed by atoms with Gasteiger partial charge in [0.15, 0.2) is 0 Å². The van der Waals surface area contributed by atoms with Gasteiger partial charge in [-0.1, -0.05) is 51.4 Å². The fraction of sp³-hybridized carbons (Fsp3) is 0.944. The van der Waals surface area contributed by atoms with E-state index in [2.05, 4.69) is 0 Å². The molecule has 0 fully saturated rings. The standard InChI is InChI=1S/C18H37NO4/c1-18(23,17(21)22)19(2,3)15-13-11-9-7-5-4-6-8-10-12-14-16-20/h20,23H,4-16H2,1-3H3. The molecule has 0 heterocycles. The first-order chi connectivity index (χ1) is 10.8. The van der Waals surface area contributed by atoms with Gasteiger partial charge in [-0.15, -0.1) is 0 Å². The third-order valence-corrected chi connectivity index (χ3v) is 4.94. The maximum atomic E-state index is 11.0. The van der Waals surface area contributed by atoms with Crippen LogP contribution in [0.3, 0.4) is 0 Å². The predicted molar refractivity (Wildman–Crippen MR) is 90.5 cm³/mol. The maximum Gasteiger partial charge on any atom is 0.239 e. The molecule has 1 atom stereocenters. The van der Waals surface area contributed by atoms with Crippen LogP contribution >= 0.6 is 0 Å². The zero-order valence-electron chi connectivity index (χ0n) is 15.4. The summed E-state index contributed by atoms with van der Waals surface area (Å²) in [7, 11) is 3.46. The van der Waals surface area contributed by atoms with E-state index in [0.717, 1.165) is 32.1 Å². The molecular weight excluding hydrogens is 294 g/mol. The number of hydrogen-bond acceptors (Lipinski definition) is 4. The fourth-order valence-electron chi connectivity index (χ4n) is 2.67. The molecule has 0 bridgehead atoms. The number of unbranched alkanes of at least 4 members (excludes halogenated alkanes) is 10. The van der Waals surface area contributed by atoms with Gasteiger partial charge in [-0.05, 0) is 19.3 Å². The molecule has 0 aliphatic rings. The van der Waals surface area contributed by atoms with Crippen molar-refractivity contribution in [2.24, 2.45) is 0 Å². The second kappa shape index (κ2) is 11.8. The highest BCUT2D eigenvalue weighted by Crippen LogP contribution is 2.19. The lowest BCUT2D eigenvalue weighted by Crippen LogP contribution is -2.66. The number of carbonyl (C=O) groups excluding carboxylic acids is 1. The number of aliphatic hydroxyl groups is 2. The second-order valence-electron chi connectivity index (χ2n) is 7.33. The summed E-state index contributed by atoms with van der Waals surface area (Å²) in [5.41, 5.74) is -1.84. The first-order valence-electron chi connectivity index (χ1n) is 9.13. The SMILES string of the molecule is CC(O)(C(=O)[O-])[N+](C)(C)CCCCCCCCCCCCCO. The Labute approximate surface area is 141 Å². The third kappa shape index (κ3) is 9.28. The molecule has 1 unspecified atom stereocenters. The molecule has 0 amide bonds. The van der Waals surface area contributed by atoms with E-state index in [4.69, 9.17) is 5.11 Å². The van der Waals surface area contributed by atoms with Crippen molar-refractivity contribution in [2.45, 2.75) is 83.3 Å². The number of aliphatic hydroxyl groups excluding tert-OH is 1. The van der Waals surface area contributed by atoms with E-state index in [1.54, 1.807) is 14.1 Å². The molecule has 138 valence electrons. The van der Waals surface area contributed by atoms with E-state index in [9.17, 15) is 15.0 Å². The number of hydrogen-bond donors (Lipinski definition) is 2. The number of aliphatic carboxylic acids is 1. The quantitative estimate of drug-likeness (QED) is 0.272. The van der Waals surface area contributed by atoms with Crippen LogP contribution in [-0.4, -0.2) is 53.6 Å². The molecule has 0 aromatic heterocycles. The van der Waals surface area contributed by atoms with E-state index in [-0.39, 0.29) is 4.48 Å². The molecule has 5 heteroatoms. The Hall–Kier alpha value is -0.650. The summed E-state index contributed by atoms with van der Waals surface area (Å²) in [5.74, 6) is -1.42. The highest BCUT2D eigenvalue weighted by atomic mass is 16.4. The summed E-state index contributed by atoms with van der Waals surface area (Å²) < 4.78 is 0.0309. The Morgan fingerprint density at radius 2 is 1.22 bits per heavy atom. The Morgan fingerprint density at radius 3 is 1.57 bits per heavy atom. The molecule has 0 rings (SSSR count). The van der Waals surface area contributed by atoms with Gasteiger partial charge in [0.1, 0.15) is 5.97 Å². The van der Waals surface area contributed by atoms with Crippen molar-refractivity contribution in [3.05, 3.63) is 0 Å². The Bertz CT molecular complexity index is 316. The summed E-state index contributed by atoms with van der Waals surface area (Å²) in [6.45, 7) is 2.25. The lowest BCUT2D eigenvalue weighted by atomic mass is 10.1. The van der Waals surface area contributed by atoms with Crippen molar-refractivity contribution in [2.75, 3.05) is 27.2 Å². The van der Waals surface area contributed by atoms with E-state index in [0.29, 0.717) is 13.2 Å². The number of carbonyl (C=O) groups is 1. The van der Waals surface area contributed by atoms with Crippen LogP contribution in [0.4, 0.5) is 0 Å². The van der Waals surface area contributed by atoms with Crippen molar-refractivity contribution in [3.63, 3.8) is 0 Å². The monoisotopic (exact) mass is 331 g/mol. The van der Waals surface area contributed by atoms with Crippen LogP contribution in [0.5, 0.6) is 0 Å². The number of likely N-dealkylation sites (N-methyl/N-ethyl adjacent to an activating group) is 1. The van der Waals surface area contributed by atoms with Gasteiger partial charge in [0.25, 0.3) is 0 Å². The van der Waals surface area contributed by atoms with Crippen LogP contribution in [-0.2, 0) is 4.79 Å². The Morgan fingerprint density at radius 1 is 0.870 bits per heavy atom. The van der Waals surface area contributed by atoms with Crippen LogP contribution in [0.2, 0.25) is 0 Å². The molecular formula is C18H37NO4. The van der Waals surface area contributed by atoms with E-state index >= 15 is 0 Å². The summed E-state index contributed by atoms with van der Waals surface area (Å²) in [6, 6.07) is 0. The molecule has 0 saturated carbocycles. The van der Waals surface area contributed by atoms with Gasteiger partial charge >= 0.3 is 0 Å². The first kappa shape index (κ1) is 22.4. The molecule has 0 aliphatic carbocycles. The normalized spacial score (nSPS) is 14.7. The van der Waals surface area contributed by atoms with Crippen molar-refractivity contribution in [1.82, 2.24) is 0 Å². The van der Waals surface area contributed by atoms with Crippen LogP contribution in [0, 0.1) is 0 Å². The lowest BCUT2D eigenvalue weighted by molar-refractivity contribution is -0.956. The number of carboxylic acids is 1. The van der Waals surface area contributed by atoms with Crippen molar-refractivity contribution >= 4 is 5.97 Å². The van der Waals surface area contributed by atoms with Crippen LogP contribution in [0.25, 0.3) is 0 Å². The largest absolute Gasteiger partial charge is 0.542 e. The molecule has 0 radical (unpaired) electrons. The van der Waals surface area contributed by atoms with Crippen molar-refractivity contribution in [1.29, 1.82) is 0 Å². The molecule has 0 spiro atoms. The average molecular weight is 331 g/mol. The summed E-state index contributed by atoms with van der Waals surface area (Å²) in [5, 5.41) is 29.7. The Kier molecular flexibility index (Phi) is 11.5. The van der Waals surface area contributed by atoms with Gasteiger partial charge < -0.3 is 20.1 Å². The van der Waals surface area contributed by atoms with Crippen molar-refractivity contribution < 1.29 is 24.6 Å². The number of nitrogens with zero attached hydrogens (tertiary/aromatic N) is 1. The van der Waals surface area contributed by atoms with Crippen LogP contribution in [0.15, 0.2) is 0 Å². The highest BCUT2D eigenvalue weighted by Gasteiger charge is 2.40. The van der Waals surface area contributed by atoms with Gasteiger partial charge in [0, 0.05) is 13.5 Å². The number of rotatable bonds is 15. The van der Waals surface area contributed by atoms with Gasteiger partial charge in [-0.2, -0.15) is 0 Å². The summed E-state index contributed by atoms with van der Waals surface area (Å²) >= 11 is 0. The molecule has 0 aliphatic heterocycles. The zero-order chi connectivity index (χ0) is 17.8. The van der Waals surface area contributed by atoms with Gasteiger partial charge in [0.2, 0.25) is 5.72 Å². The predicted octanol–water partition coefficient (Wildman–Crippen LogP) is 1.80. The van der Waals surface area contributed by atoms with Crippen LogP contribution < -0.4 is 5.11 Å². The second-order valence-corrected chi connectivity index (χ2v) is 7.33. The molecule has 0 aromatic rings. The van der Waals surface area contributed by atoms with Crippen LogP contribution in [0.1, 0.15) is 77.6 Å². The van der Waals surface area contributed by atoms with Gasteiger partial charge in [0.05, 0.1) is 20.6 Å². The van der Waals surface area contributed by atoms with Crippen molar-refractivity contribution in [3.8, 4) is 0 Å². The molecule has 23 heavy (non-hydrogen) atoms. The minimum Gasteiger partial charge on any atom is -0.542 e. The zero-order valence-corrected chi connectivity index (χ0v) is 15.4. The number of quaternary nitrogens is 1. The molecule has 0 aromatic carbocycles.